The number of aliphatic hydroxyl groups excluding tert-OH is 1. The number of carbonyl (C=O) groups excluding carboxylic acids is 1. The van der Waals surface area contributed by atoms with Crippen molar-refractivity contribution >= 4 is 25.0 Å². The maximum atomic E-state index is 12.3. The van der Waals surface area contributed by atoms with E-state index in [0.29, 0.717) is 16.7 Å². The number of ether oxygens (including phenoxy) is 1. The third-order valence-electron chi connectivity index (χ3n) is 5.90. The zero-order chi connectivity index (χ0) is 23.4. The largest absolute Gasteiger partial charge is 0.492 e. The monoisotopic (exact) mass is 438 g/mol. The van der Waals surface area contributed by atoms with Gasteiger partial charge in [-0.25, -0.2) is 4.79 Å². The summed E-state index contributed by atoms with van der Waals surface area (Å²) in [5.41, 5.74) is 8.43. The molecule has 1 amide bonds. The molecule has 7 nitrogen and oxygen atoms in total. The summed E-state index contributed by atoms with van der Waals surface area (Å²) >= 11 is 0. The molecule has 3 rings (SSSR count). The summed E-state index contributed by atoms with van der Waals surface area (Å²) in [6.45, 7) is 8.07. The van der Waals surface area contributed by atoms with Gasteiger partial charge in [0, 0.05) is 17.8 Å². The molecule has 0 aliphatic carbocycles. The van der Waals surface area contributed by atoms with Gasteiger partial charge in [-0.05, 0) is 56.4 Å². The van der Waals surface area contributed by atoms with Crippen LogP contribution < -0.4 is 11.1 Å². The standard InChI is InChI=1S/C24H31BN2O5/c1-23(2)24(3,4)32-25(31-23)20(13-18-10-11-21(26)19(12-18)15-28)14-27-22(29)30-16-17-8-6-5-7-9-17/h5-13,28H,14-16,26H2,1-4H3,(H,27,29). The zero-order valence-corrected chi connectivity index (χ0v) is 19.1. The van der Waals surface area contributed by atoms with Crippen LogP contribution in [0.4, 0.5) is 10.5 Å². The average Bonchev–Trinajstić information content (AvgIpc) is 2.98. The molecule has 2 aromatic carbocycles. The van der Waals surface area contributed by atoms with Crippen molar-refractivity contribution in [2.75, 3.05) is 12.3 Å². The highest BCUT2D eigenvalue weighted by molar-refractivity contribution is 6.56. The molecule has 0 radical (unpaired) electrons. The van der Waals surface area contributed by atoms with Crippen LogP contribution in [0.2, 0.25) is 0 Å². The number of amides is 1. The van der Waals surface area contributed by atoms with E-state index in [2.05, 4.69) is 5.32 Å². The van der Waals surface area contributed by atoms with Crippen LogP contribution in [0.3, 0.4) is 0 Å². The molecule has 0 aromatic heterocycles. The number of nitrogens with one attached hydrogen (secondary N) is 1. The molecule has 0 bridgehead atoms. The van der Waals surface area contributed by atoms with E-state index in [9.17, 15) is 9.90 Å². The first-order chi connectivity index (χ1) is 15.1. The lowest BCUT2D eigenvalue weighted by atomic mass is 9.77. The number of hydrogen-bond donors (Lipinski definition) is 3. The van der Waals surface area contributed by atoms with Crippen molar-refractivity contribution in [1.29, 1.82) is 0 Å². The van der Waals surface area contributed by atoms with E-state index in [1.807, 2.05) is 70.2 Å². The van der Waals surface area contributed by atoms with Gasteiger partial charge in [0.2, 0.25) is 0 Å². The van der Waals surface area contributed by atoms with E-state index in [4.69, 9.17) is 19.8 Å². The molecule has 2 aromatic rings. The van der Waals surface area contributed by atoms with E-state index in [1.165, 1.54) is 0 Å². The molecule has 0 atom stereocenters. The number of alkyl carbamates (subject to hydrolysis) is 1. The fourth-order valence-corrected chi connectivity index (χ4v) is 3.21. The van der Waals surface area contributed by atoms with Gasteiger partial charge in [-0.1, -0.05) is 42.5 Å². The maximum Gasteiger partial charge on any atom is 0.492 e. The van der Waals surface area contributed by atoms with Gasteiger partial charge in [0.1, 0.15) is 6.61 Å². The van der Waals surface area contributed by atoms with Gasteiger partial charge in [-0.3, -0.25) is 0 Å². The van der Waals surface area contributed by atoms with Gasteiger partial charge < -0.3 is 30.2 Å². The lowest BCUT2D eigenvalue weighted by molar-refractivity contribution is 0.00578. The second kappa shape index (κ2) is 9.77. The highest BCUT2D eigenvalue weighted by atomic mass is 16.7. The average molecular weight is 438 g/mol. The molecule has 0 unspecified atom stereocenters. The summed E-state index contributed by atoms with van der Waals surface area (Å²) in [5.74, 6) is 0. The second-order valence-corrected chi connectivity index (χ2v) is 8.84. The van der Waals surface area contributed by atoms with Crippen LogP contribution in [0.25, 0.3) is 6.08 Å². The Morgan fingerprint density at radius 1 is 1.12 bits per heavy atom. The molecule has 1 aliphatic rings. The first-order valence-corrected chi connectivity index (χ1v) is 10.6. The van der Waals surface area contributed by atoms with Gasteiger partial charge in [0.15, 0.2) is 0 Å². The Balaban J connectivity index is 1.76. The first kappa shape index (κ1) is 23.8. The summed E-state index contributed by atoms with van der Waals surface area (Å²) in [4.78, 5) is 12.3. The molecular weight excluding hydrogens is 407 g/mol. The molecular formula is C24H31BN2O5. The van der Waals surface area contributed by atoms with E-state index in [0.717, 1.165) is 11.1 Å². The summed E-state index contributed by atoms with van der Waals surface area (Å²) in [7, 11) is -0.649. The number of hydrogen-bond acceptors (Lipinski definition) is 6. The Bertz CT molecular complexity index is 960. The summed E-state index contributed by atoms with van der Waals surface area (Å²) in [5, 5.41) is 12.3. The van der Waals surface area contributed by atoms with Crippen molar-refractivity contribution in [3.63, 3.8) is 0 Å². The second-order valence-electron chi connectivity index (χ2n) is 8.84. The minimum absolute atomic E-state index is 0.163. The topological polar surface area (TPSA) is 103 Å². The molecule has 0 spiro atoms. The van der Waals surface area contributed by atoms with E-state index in [-0.39, 0.29) is 19.8 Å². The van der Waals surface area contributed by atoms with Gasteiger partial charge in [-0.15, -0.1) is 0 Å². The quantitative estimate of drug-likeness (QED) is 0.450. The zero-order valence-electron chi connectivity index (χ0n) is 19.1. The molecule has 1 fully saturated rings. The maximum absolute atomic E-state index is 12.3. The minimum Gasteiger partial charge on any atom is -0.445 e. The Hall–Kier alpha value is -2.81. The van der Waals surface area contributed by atoms with Crippen LogP contribution in [-0.4, -0.2) is 36.1 Å². The van der Waals surface area contributed by atoms with Gasteiger partial charge in [-0.2, -0.15) is 0 Å². The van der Waals surface area contributed by atoms with Crippen LogP contribution in [0.5, 0.6) is 0 Å². The van der Waals surface area contributed by atoms with Crippen molar-refractivity contribution in [1.82, 2.24) is 5.32 Å². The number of nitrogens with two attached hydrogens (primary N) is 1. The molecule has 170 valence electrons. The Labute approximate surface area is 189 Å². The van der Waals surface area contributed by atoms with Crippen molar-refractivity contribution in [2.45, 2.75) is 52.1 Å². The van der Waals surface area contributed by atoms with Crippen molar-refractivity contribution in [3.05, 3.63) is 70.7 Å². The molecule has 1 aliphatic heterocycles. The van der Waals surface area contributed by atoms with Crippen molar-refractivity contribution in [2.24, 2.45) is 0 Å². The van der Waals surface area contributed by atoms with Gasteiger partial charge in [0.05, 0.1) is 17.8 Å². The summed E-state index contributed by atoms with van der Waals surface area (Å²) in [6, 6.07) is 14.9. The van der Waals surface area contributed by atoms with E-state index >= 15 is 0 Å². The number of nitrogen functional groups attached to an aromatic ring is 1. The smallest absolute Gasteiger partial charge is 0.445 e. The number of carbonyl (C=O) groups is 1. The number of aliphatic hydroxyl groups is 1. The number of anilines is 1. The van der Waals surface area contributed by atoms with Crippen molar-refractivity contribution < 1.29 is 23.9 Å². The highest BCUT2D eigenvalue weighted by Crippen LogP contribution is 2.38. The fraction of sp³-hybridized carbons (Fsp3) is 0.375. The van der Waals surface area contributed by atoms with Crippen LogP contribution in [0, 0.1) is 0 Å². The van der Waals surface area contributed by atoms with Crippen LogP contribution in [0.1, 0.15) is 44.4 Å². The molecule has 8 heteroatoms. The van der Waals surface area contributed by atoms with Gasteiger partial charge in [0.25, 0.3) is 0 Å². The fourth-order valence-electron chi connectivity index (χ4n) is 3.21. The lowest BCUT2D eigenvalue weighted by Gasteiger charge is -2.32. The first-order valence-electron chi connectivity index (χ1n) is 10.6. The molecule has 1 saturated heterocycles. The van der Waals surface area contributed by atoms with Crippen LogP contribution in [-0.2, 0) is 27.3 Å². The SMILES string of the molecule is CC1(C)OB(C(=Cc2ccc(N)c(CO)c2)CNC(=O)OCc2ccccc2)OC1(C)C. The minimum atomic E-state index is -0.649. The van der Waals surface area contributed by atoms with Gasteiger partial charge >= 0.3 is 13.2 Å². The van der Waals surface area contributed by atoms with Crippen LogP contribution in [0.15, 0.2) is 54.0 Å². The molecule has 0 saturated carbocycles. The molecule has 32 heavy (non-hydrogen) atoms. The third-order valence-corrected chi connectivity index (χ3v) is 5.90. The van der Waals surface area contributed by atoms with E-state index < -0.39 is 24.4 Å². The number of benzene rings is 2. The van der Waals surface area contributed by atoms with Crippen molar-refractivity contribution in [3.8, 4) is 0 Å². The highest BCUT2D eigenvalue weighted by Gasteiger charge is 2.52. The Morgan fingerprint density at radius 2 is 1.78 bits per heavy atom. The summed E-state index contributed by atoms with van der Waals surface area (Å²) < 4.78 is 17.7. The predicted molar refractivity (Wildman–Crippen MR) is 125 cm³/mol. The lowest BCUT2D eigenvalue weighted by Crippen LogP contribution is -2.41. The van der Waals surface area contributed by atoms with Crippen LogP contribution >= 0.6 is 0 Å². The van der Waals surface area contributed by atoms with E-state index in [1.54, 1.807) is 12.1 Å². The Kier molecular flexibility index (Phi) is 7.28. The predicted octanol–water partition coefficient (Wildman–Crippen LogP) is 3.70. The Morgan fingerprint density at radius 3 is 2.41 bits per heavy atom. The summed E-state index contributed by atoms with van der Waals surface area (Å²) in [6.07, 6.45) is 1.34. The number of rotatable bonds is 7. The molecule has 1 heterocycles. The third kappa shape index (κ3) is 5.70. The molecule has 4 N–H and O–H groups in total. The normalized spacial score (nSPS) is 17.3.